The minimum absolute atomic E-state index is 0.102. The second-order valence-electron chi connectivity index (χ2n) is 5.23. The number of rotatable bonds is 6. The number of hydrogen-bond acceptors (Lipinski definition) is 3. The lowest BCUT2D eigenvalue weighted by molar-refractivity contribution is -0.116. The average molecular weight is 388 g/mol. The number of aryl methyl sites for hydroxylation is 1. The molecule has 0 aliphatic carbocycles. The Labute approximate surface area is 151 Å². The van der Waals surface area contributed by atoms with E-state index >= 15 is 0 Å². The van der Waals surface area contributed by atoms with Crippen LogP contribution in [0.2, 0.25) is 5.02 Å². The highest BCUT2D eigenvalue weighted by atomic mass is 35.5. The van der Waals surface area contributed by atoms with Crippen LogP contribution >= 0.6 is 11.6 Å². The predicted octanol–water partition coefficient (Wildman–Crippen LogP) is 3.16. The van der Waals surface area contributed by atoms with Crippen LogP contribution in [0.1, 0.15) is 11.1 Å². The van der Waals surface area contributed by atoms with Gasteiger partial charge in [0.1, 0.15) is 17.3 Å². The smallest absolute Gasteiger partial charge is 0.239 e. The van der Waals surface area contributed by atoms with Crippen LogP contribution in [0.3, 0.4) is 0 Å². The summed E-state index contributed by atoms with van der Waals surface area (Å²) in [5.74, 6) is -2.77. The van der Waals surface area contributed by atoms with E-state index in [4.69, 9.17) is 11.6 Å². The molecular weight excluding hydrogens is 374 g/mol. The normalized spacial score (nSPS) is 12.2. The van der Waals surface area contributed by atoms with Crippen molar-refractivity contribution in [2.24, 2.45) is 0 Å². The van der Waals surface area contributed by atoms with E-state index in [9.17, 15) is 22.3 Å². The van der Waals surface area contributed by atoms with E-state index in [0.717, 1.165) is 28.1 Å². The molecule has 2 rings (SSSR count). The Hall–Kier alpha value is -1.87. The largest absolute Gasteiger partial charge is 0.760 e. The van der Waals surface area contributed by atoms with Crippen molar-refractivity contribution in [2.45, 2.75) is 13.5 Å². The Bertz CT molecular complexity index is 800. The van der Waals surface area contributed by atoms with Crippen molar-refractivity contribution in [3.05, 3.63) is 64.2 Å². The van der Waals surface area contributed by atoms with E-state index in [0.29, 0.717) is 10.6 Å². The van der Waals surface area contributed by atoms with E-state index in [1.165, 1.54) is 0 Å². The number of para-hydroxylation sites is 1. The molecule has 0 aromatic heterocycles. The summed E-state index contributed by atoms with van der Waals surface area (Å²) in [6.45, 7) is 1.07. The van der Waals surface area contributed by atoms with Gasteiger partial charge in [-0.05, 0) is 42.3 Å². The quantitative estimate of drug-likeness (QED) is 0.774. The fourth-order valence-electron chi connectivity index (χ4n) is 2.12. The molecule has 0 aliphatic rings. The third kappa shape index (κ3) is 5.30. The first-order valence-electron chi connectivity index (χ1n) is 7.11. The number of hydrogen-bond donors (Lipinski definition) is 1. The number of carbonyl (C=O) groups is 1. The molecule has 9 heteroatoms. The molecule has 0 fully saturated rings. The number of nitrogens with one attached hydrogen (secondary N) is 1. The van der Waals surface area contributed by atoms with Crippen LogP contribution in [0.5, 0.6) is 0 Å². The van der Waals surface area contributed by atoms with Crippen molar-refractivity contribution in [3.63, 3.8) is 0 Å². The molecule has 0 saturated carbocycles. The van der Waals surface area contributed by atoms with Crippen LogP contribution in [0.25, 0.3) is 0 Å². The molecule has 0 bridgehead atoms. The highest BCUT2D eigenvalue weighted by molar-refractivity contribution is 7.76. The standard InChI is InChI=1S/C16H15ClF2N2O3S/c1-10-5-6-12(17)7-11(10)8-21(25(23)24)9-15(22)20-16-13(18)3-2-4-14(16)19/h2-7H,8-9H2,1H3,(H,20,22)(H,23,24)/p-1. The molecule has 5 nitrogen and oxygen atoms in total. The maximum atomic E-state index is 13.5. The first-order chi connectivity index (χ1) is 11.8. The minimum Gasteiger partial charge on any atom is -0.760 e. The van der Waals surface area contributed by atoms with Crippen molar-refractivity contribution >= 4 is 34.5 Å². The zero-order valence-electron chi connectivity index (χ0n) is 13.1. The number of benzene rings is 2. The van der Waals surface area contributed by atoms with Gasteiger partial charge in [0.05, 0.1) is 6.54 Å². The molecule has 0 aliphatic heterocycles. The van der Waals surface area contributed by atoms with Crippen molar-refractivity contribution in [1.82, 2.24) is 4.31 Å². The monoisotopic (exact) mass is 387 g/mol. The van der Waals surface area contributed by atoms with Crippen LogP contribution in [0.4, 0.5) is 14.5 Å². The molecule has 0 heterocycles. The maximum Gasteiger partial charge on any atom is 0.239 e. The van der Waals surface area contributed by atoms with Gasteiger partial charge in [0.15, 0.2) is 0 Å². The second-order valence-corrected chi connectivity index (χ2v) is 6.62. The Morgan fingerprint density at radius 2 is 1.92 bits per heavy atom. The molecule has 1 amide bonds. The lowest BCUT2D eigenvalue weighted by Gasteiger charge is -2.24. The van der Waals surface area contributed by atoms with E-state index < -0.39 is 41.0 Å². The van der Waals surface area contributed by atoms with Gasteiger partial charge in [-0.25, -0.2) is 13.1 Å². The molecule has 1 unspecified atom stereocenters. The molecular formula is C16H14ClF2N2O3S-. The third-order valence-corrected chi connectivity index (χ3v) is 4.33. The van der Waals surface area contributed by atoms with Crippen LogP contribution in [-0.4, -0.2) is 25.5 Å². The average Bonchev–Trinajstić information content (AvgIpc) is 2.53. The molecule has 0 saturated heterocycles. The highest BCUT2D eigenvalue weighted by Gasteiger charge is 2.17. The summed E-state index contributed by atoms with van der Waals surface area (Å²) in [4.78, 5) is 12.0. The van der Waals surface area contributed by atoms with Crippen LogP contribution in [0.15, 0.2) is 36.4 Å². The van der Waals surface area contributed by atoms with Crippen molar-refractivity contribution < 1.29 is 22.3 Å². The fourth-order valence-corrected chi connectivity index (χ4v) is 2.78. The molecule has 1 atom stereocenters. The van der Waals surface area contributed by atoms with Crippen molar-refractivity contribution in [3.8, 4) is 0 Å². The summed E-state index contributed by atoms with van der Waals surface area (Å²) in [5, 5.41) is 2.47. The molecule has 0 spiro atoms. The molecule has 2 aromatic rings. The summed E-state index contributed by atoms with van der Waals surface area (Å²) in [7, 11) is 0. The summed E-state index contributed by atoms with van der Waals surface area (Å²) in [6.07, 6.45) is 0. The lowest BCUT2D eigenvalue weighted by atomic mass is 10.1. The summed E-state index contributed by atoms with van der Waals surface area (Å²) in [5.41, 5.74) is 0.782. The topological polar surface area (TPSA) is 72.5 Å². The van der Waals surface area contributed by atoms with E-state index in [1.807, 2.05) is 5.32 Å². The van der Waals surface area contributed by atoms with Gasteiger partial charge < -0.3 is 9.87 Å². The van der Waals surface area contributed by atoms with Crippen LogP contribution < -0.4 is 5.32 Å². The Morgan fingerprint density at radius 1 is 1.28 bits per heavy atom. The first-order valence-corrected chi connectivity index (χ1v) is 8.52. The molecule has 0 radical (unpaired) electrons. The highest BCUT2D eigenvalue weighted by Crippen LogP contribution is 2.19. The van der Waals surface area contributed by atoms with E-state index in [1.54, 1.807) is 25.1 Å². The Kier molecular flexibility index (Phi) is 6.60. The van der Waals surface area contributed by atoms with Gasteiger partial charge >= 0.3 is 0 Å². The van der Waals surface area contributed by atoms with E-state index in [2.05, 4.69) is 0 Å². The first kappa shape index (κ1) is 19.5. The second kappa shape index (κ2) is 8.48. The minimum atomic E-state index is -2.72. The van der Waals surface area contributed by atoms with Gasteiger partial charge in [-0.2, -0.15) is 0 Å². The Morgan fingerprint density at radius 3 is 2.52 bits per heavy atom. The lowest BCUT2D eigenvalue weighted by Crippen LogP contribution is -2.34. The number of amides is 1. The summed E-state index contributed by atoms with van der Waals surface area (Å²) < 4.78 is 50.7. The number of carbonyl (C=O) groups excluding carboxylic acids is 1. The van der Waals surface area contributed by atoms with Crippen molar-refractivity contribution in [2.75, 3.05) is 11.9 Å². The fraction of sp³-hybridized carbons (Fsp3) is 0.188. The molecule has 25 heavy (non-hydrogen) atoms. The zero-order chi connectivity index (χ0) is 18.6. The SMILES string of the molecule is Cc1ccc(Cl)cc1CN(CC(=O)Nc1c(F)cccc1F)S(=O)[O-]. The zero-order valence-corrected chi connectivity index (χ0v) is 14.7. The summed E-state index contributed by atoms with van der Waals surface area (Å²) in [6, 6.07) is 8.09. The predicted molar refractivity (Wildman–Crippen MR) is 90.5 cm³/mol. The van der Waals surface area contributed by atoms with Crippen LogP contribution in [-0.2, 0) is 22.6 Å². The van der Waals surface area contributed by atoms with Crippen molar-refractivity contribution in [1.29, 1.82) is 0 Å². The van der Waals surface area contributed by atoms with Gasteiger partial charge in [0, 0.05) is 22.8 Å². The van der Waals surface area contributed by atoms with E-state index in [-0.39, 0.29) is 6.54 Å². The van der Waals surface area contributed by atoms with Gasteiger partial charge in [0.25, 0.3) is 0 Å². The van der Waals surface area contributed by atoms with Gasteiger partial charge in [-0.3, -0.25) is 9.00 Å². The third-order valence-electron chi connectivity index (χ3n) is 3.42. The number of anilines is 1. The number of halogens is 3. The molecule has 1 N–H and O–H groups in total. The van der Waals surface area contributed by atoms with Crippen LogP contribution in [0, 0.1) is 18.6 Å². The maximum absolute atomic E-state index is 13.5. The number of nitrogens with zero attached hydrogens (tertiary/aromatic N) is 1. The van der Waals surface area contributed by atoms with Gasteiger partial charge in [0.2, 0.25) is 5.91 Å². The summed E-state index contributed by atoms with van der Waals surface area (Å²) >= 11 is 3.18. The molecule has 2 aromatic carbocycles. The molecule has 134 valence electrons. The van der Waals surface area contributed by atoms with Gasteiger partial charge in [-0.15, -0.1) is 0 Å². The van der Waals surface area contributed by atoms with Gasteiger partial charge in [-0.1, -0.05) is 23.7 Å². The Balaban J connectivity index is 2.12.